The fourth-order valence-electron chi connectivity index (χ4n) is 3.80. The highest BCUT2D eigenvalue weighted by molar-refractivity contribution is 5.99. The highest BCUT2D eigenvalue weighted by Crippen LogP contribution is 2.27. The third kappa shape index (κ3) is 5.56. The van der Waals surface area contributed by atoms with E-state index in [9.17, 15) is 23.2 Å². The summed E-state index contributed by atoms with van der Waals surface area (Å²) in [5, 5.41) is 5.62. The molecule has 2 heterocycles. The number of amides is 2. The van der Waals surface area contributed by atoms with Gasteiger partial charge in [-0.2, -0.15) is 0 Å². The Morgan fingerprint density at radius 1 is 1.11 bits per heavy atom. The molecule has 1 aliphatic rings. The van der Waals surface area contributed by atoms with Crippen LogP contribution in [-0.4, -0.2) is 29.0 Å². The quantitative estimate of drug-likeness (QED) is 0.516. The summed E-state index contributed by atoms with van der Waals surface area (Å²) in [6, 6.07) is 11.3. The van der Waals surface area contributed by atoms with E-state index < -0.39 is 29.1 Å². The fourth-order valence-corrected chi connectivity index (χ4v) is 3.80. The number of pyridine rings is 1. The number of hydrogen-bond acceptors (Lipinski definition) is 4. The van der Waals surface area contributed by atoms with E-state index in [1.807, 2.05) is 13.8 Å². The number of anilines is 1. The van der Waals surface area contributed by atoms with Gasteiger partial charge in [-0.1, -0.05) is 19.9 Å². The second-order valence-corrected chi connectivity index (χ2v) is 8.78. The maximum atomic E-state index is 13.5. The lowest BCUT2D eigenvalue weighted by Crippen LogP contribution is -2.44. The van der Waals surface area contributed by atoms with Gasteiger partial charge in [0.25, 0.3) is 11.5 Å². The molecule has 2 N–H and O–H groups in total. The minimum Gasteiger partial charge on any atom is -0.491 e. The number of rotatable bonds is 8. The van der Waals surface area contributed by atoms with Crippen LogP contribution in [0.4, 0.5) is 14.5 Å². The first kappa shape index (κ1) is 24.1. The van der Waals surface area contributed by atoms with Crippen molar-refractivity contribution < 1.29 is 23.1 Å². The minimum absolute atomic E-state index is 0.00440. The second kappa shape index (κ2) is 10.1. The van der Waals surface area contributed by atoms with Crippen molar-refractivity contribution in [2.24, 2.45) is 5.92 Å². The minimum atomic E-state index is -1.00. The van der Waals surface area contributed by atoms with E-state index in [-0.39, 0.29) is 30.5 Å². The molecule has 0 aliphatic carbocycles. The highest BCUT2D eigenvalue weighted by atomic mass is 19.2. The van der Waals surface area contributed by atoms with E-state index in [1.54, 1.807) is 24.3 Å². The molecule has 0 spiro atoms. The summed E-state index contributed by atoms with van der Waals surface area (Å²) in [5.41, 5.74) is 1.39. The number of nitrogens with zero attached hydrogens (tertiary/aromatic N) is 1. The van der Waals surface area contributed by atoms with Gasteiger partial charge in [0.1, 0.15) is 17.9 Å². The van der Waals surface area contributed by atoms with E-state index in [1.165, 1.54) is 22.9 Å². The lowest BCUT2D eigenvalue weighted by molar-refractivity contribution is -0.115. The Morgan fingerprint density at radius 2 is 1.91 bits per heavy atom. The lowest BCUT2D eigenvalue weighted by Gasteiger charge is -2.23. The molecule has 1 aromatic heterocycles. The number of ether oxygens (including phenoxy) is 1. The summed E-state index contributed by atoms with van der Waals surface area (Å²) in [4.78, 5) is 37.4. The van der Waals surface area contributed by atoms with Gasteiger partial charge in [0, 0.05) is 11.9 Å². The summed E-state index contributed by atoms with van der Waals surface area (Å²) >= 11 is 0. The van der Waals surface area contributed by atoms with Gasteiger partial charge < -0.3 is 19.9 Å². The molecular weight excluding hydrogens is 456 g/mol. The van der Waals surface area contributed by atoms with Gasteiger partial charge in [-0.25, -0.2) is 8.78 Å². The Kier molecular flexibility index (Phi) is 6.95. The molecule has 0 saturated heterocycles. The van der Waals surface area contributed by atoms with Gasteiger partial charge in [0.2, 0.25) is 5.91 Å². The molecule has 0 bridgehead atoms. The normalized spacial score (nSPS) is 13.3. The zero-order valence-electron chi connectivity index (χ0n) is 19.3. The van der Waals surface area contributed by atoms with E-state index in [0.29, 0.717) is 17.7 Å². The first-order valence-electron chi connectivity index (χ1n) is 11.2. The zero-order chi connectivity index (χ0) is 25.1. The van der Waals surface area contributed by atoms with Crippen LogP contribution in [0.15, 0.2) is 59.5 Å². The molecule has 1 atom stereocenters. The van der Waals surface area contributed by atoms with Crippen molar-refractivity contribution in [1.29, 1.82) is 0 Å². The molecule has 0 unspecified atom stereocenters. The van der Waals surface area contributed by atoms with Gasteiger partial charge in [-0.15, -0.1) is 0 Å². The summed E-state index contributed by atoms with van der Waals surface area (Å²) < 4.78 is 33.9. The van der Waals surface area contributed by atoms with Crippen LogP contribution in [0.25, 0.3) is 0 Å². The number of fused-ring (bicyclic) bond motifs is 1. The number of carbonyl (C=O) groups excluding carboxylic acids is 2. The maximum Gasteiger partial charge on any atom is 0.263 e. The van der Waals surface area contributed by atoms with E-state index in [0.717, 1.165) is 23.4 Å². The van der Waals surface area contributed by atoms with E-state index in [4.69, 9.17) is 4.74 Å². The average Bonchev–Trinajstić information content (AvgIpc) is 3.19. The van der Waals surface area contributed by atoms with Crippen molar-refractivity contribution in [2.45, 2.75) is 32.9 Å². The van der Waals surface area contributed by atoms with Crippen molar-refractivity contribution >= 4 is 17.5 Å². The topological polar surface area (TPSA) is 89.4 Å². The van der Waals surface area contributed by atoms with Gasteiger partial charge in [0.15, 0.2) is 11.6 Å². The summed E-state index contributed by atoms with van der Waals surface area (Å²) in [6.45, 7) is 4.00. The molecule has 0 radical (unpaired) electrons. The van der Waals surface area contributed by atoms with Crippen molar-refractivity contribution in [3.8, 4) is 5.75 Å². The molecule has 4 rings (SSSR count). The summed E-state index contributed by atoms with van der Waals surface area (Å²) in [5.74, 6) is -2.02. The molecule has 35 heavy (non-hydrogen) atoms. The van der Waals surface area contributed by atoms with Crippen LogP contribution in [0.1, 0.15) is 35.3 Å². The molecule has 0 saturated carbocycles. The van der Waals surface area contributed by atoms with Crippen molar-refractivity contribution in [1.82, 2.24) is 9.88 Å². The number of benzene rings is 2. The maximum absolute atomic E-state index is 13.5. The smallest absolute Gasteiger partial charge is 0.263 e. The fraction of sp³-hybridized carbons (Fsp3) is 0.269. The second-order valence-electron chi connectivity index (χ2n) is 8.78. The average molecular weight is 481 g/mol. The van der Waals surface area contributed by atoms with Gasteiger partial charge in [-0.3, -0.25) is 14.4 Å². The molecule has 1 aliphatic heterocycles. The SMILES string of the molecule is CC(C)[C@@H](COc1ccc2c(c1)CC(=O)N2)NC(=O)c1cccn(Cc2ccc(F)c(F)c2)c1=O. The standard InChI is InChI=1S/C26H25F2N3O4/c1-15(2)23(14-35-18-6-8-22-17(11-18)12-24(32)29-22)30-25(33)19-4-3-9-31(26(19)34)13-16-5-7-20(27)21(28)10-16/h3-11,15,23H,12-14H2,1-2H3,(H,29,32)(H,30,33)/t23-/m1/s1. The third-order valence-electron chi connectivity index (χ3n) is 5.85. The zero-order valence-corrected chi connectivity index (χ0v) is 19.3. The van der Waals surface area contributed by atoms with Crippen LogP contribution in [0.2, 0.25) is 0 Å². The van der Waals surface area contributed by atoms with Crippen molar-refractivity contribution in [3.05, 3.63) is 93.4 Å². The Balaban J connectivity index is 1.44. The Hall–Kier alpha value is -4.01. The Morgan fingerprint density at radius 3 is 2.66 bits per heavy atom. The van der Waals surface area contributed by atoms with Gasteiger partial charge in [-0.05, 0) is 59.5 Å². The molecule has 9 heteroatoms. The number of aromatic nitrogens is 1. The lowest BCUT2D eigenvalue weighted by atomic mass is 10.0. The molecular formula is C26H25F2N3O4. The largest absolute Gasteiger partial charge is 0.491 e. The number of carbonyl (C=O) groups is 2. The number of halogens is 2. The van der Waals surface area contributed by atoms with Crippen LogP contribution in [0, 0.1) is 17.6 Å². The molecule has 3 aromatic rings. The van der Waals surface area contributed by atoms with Crippen LogP contribution in [0.5, 0.6) is 5.75 Å². The predicted octanol–water partition coefficient (Wildman–Crippen LogP) is 3.50. The van der Waals surface area contributed by atoms with Crippen LogP contribution >= 0.6 is 0 Å². The predicted molar refractivity (Wildman–Crippen MR) is 127 cm³/mol. The van der Waals surface area contributed by atoms with Gasteiger partial charge >= 0.3 is 0 Å². The Labute approximate surface area is 200 Å². The Bertz CT molecular complexity index is 1340. The third-order valence-corrected chi connectivity index (χ3v) is 5.85. The molecule has 182 valence electrons. The number of hydrogen-bond donors (Lipinski definition) is 2. The highest BCUT2D eigenvalue weighted by Gasteiger charge is 2.22. The molecule has 2 amide bonds. The first-order valence-corrected chi connectivity index (χ1v) is 11.2. The van der Waals surface area contributed by atoms with Crippen LogP contribution < -0.4 is 20.9 Å². The van der Waals surface area contributed by atoms with E-state index >= 15 is 0 Å². The monoisotopic (exact) mass is 481 g/mol. The van der Waals surface area contributed by atoms with Crippen LogP contribution in [-0.2, 0) is 17.8 Å². The van der Waals surface area contributed by atoms with Crippen molar-refractivity contribution in [3.63, 3.8) is 0 Å². The first-order chi connectivity index (χ1) is 16.7. The van der Waals surface area contributed by atoms with Crippen LogP contribution in [0.3, 0.4) is 0 Å². The summed E-state index contributed by atoms with van der Waals surface area (Å²) in [7, 11) is 0. The summed E-state index contributed by atoms with van der Waals surface area (Å²) in [6.07, 6.45) is 1.78. The molecule has 7 nitrogen and oxygen atoms in total. The molecule has 2 aromatic carbocycles. The van der Waals surface area contributed by atoms with E-state index in [2.05, 4.69) is 10.6 Å². The van der Waals surface area contributed by atoms with Gasteiger partial charge in [0.05, 0.1) is 19.0 Å². The molecule has 0 fully saturated rings. The van der Waals surface area contributed by atoms with Crippen molar-refractivity contribution in [2.75, 3.05) is 11.9 Å². The number of nitrogens with one attached hydrogen (secondary N) is 2.